The van der Waals surface area contributed by atoms with E-state index in [0.717, 1.165) is 17.9 Å². The summed E-state index contributed by atoms with van der Waals surface area (Å²) in [7, 11) is 0. The quantitative estimate of drug-likeness (QED) is 0.752. The molecule has 2 heteroatoms. The van der Waals surface area contributed by atoms with Gasteiger partial charge in [-0.15, -0.1) is 0 Å². The van der Waals surface area contributed by atoms with Crippen molar-refractivity contribution in [1.29, 1.82) is 0 Å². The molecule has 0 aromatic rings. The van der Waals surface area contributed by atoms with Crippen LogP contribution in [0.5, 0.6) is 0 Å². The van der Waals surface area contributed by atoms with Gasteiger partial charge in [0.25, 0.3) is 0 Å². The van der Waals surface area contributed by atoms with Crippen LogP contribution in [0.15, 0.2) is 0 Å². The molecule has 2 bridgehead atoms. The van der Waals surface area contributed by atoms with Gasteiger partial charge in [0.15, 0.2) is 0 Å². The zero-order valence-electron chi connectivity index (χ0n) is 11.7. The lowest BCUT2D eigenvalue weighted by atomic mass is 9.84. The number of nitrogens with one attached hydrogen (secondary N) is 1. The lowest BCUT2D eigenvalue weighted by molar-refractivity contribution is 0.0725. The fraction of sp³-hybridized carbons (Fsp3) is 1.00. The topological polar surface area (TPSA) is 15.3 Å². The first kappa shape index (κ1) is 12.0. The van der Waals surface area contributed by atoms with Crippen molar-refractivity contribution in [1.82, 2.24) is 10.2 Å². The normalized spacial score (nSPS) is 43.2. The minimum absolute atomic E-state index is 0.399. The van der Waals surface area contributed by atoms with Crippen LogP contribution in [0.1, 0.15) is 46.5 Å². The van der Waals surface area contributed by atoms with Crippen LogP contribution in [-0.2, 0) is 0 Å². The van der Waals surface area contributed by atoms with Crippen molar-refractivity contribution < 1.29 is 0 Å². The fourth-order valence-electron chi connectivity index (χ4n) is 4.31. The van der Waals surface area contributed by atoms with Crippen LogP contribution in [0, 0.1) is 17.3 Å². The molecule has 1 N–H and O–H groups in total. The van der Waals surface area contributed by atoms with E-state index in [0.29, 0.717) is 11.5 Å². The highest BCUT2D eigenvalue weighted by atomic mass is 15.2. The lowest BCUT2D eigenvalue weighted by Crippen LogP contribution is -2.58. The van der Waals surface area contributed by atoms with E-state index in [1.165, 1.54) is 45.3 Å². The monoisotopic (exact) mass is 236 g/mol. The standard InChI is InChI=1S/C15H28N2/c1-15(2,3)14-10-17(7-6-16-14)13-9-11-4-5-12(13)8-11/h11-14,16H,4-10H2,1-3H3. The third-order valence-electron chi connectivity index (χ3n) is 5.42. The lowest BCUT2D eigenvalue weighted by Gasteiger charge is -2.44. The molecule has 98 valence electrons. The maximum Gasteiger partial charge on any atom is 0.0244 e. The third-order valence-corrected chi connectivity index (χ3v) is 5.42. The van der Waals surface area contributed by atoms with Gasteiger partial charge in [-0.25, -0.2) is 0 Å². The highest BCUT2D eigenvalue weighted by molar-refractivity contribution is 4.98. The molecule has 0 aromatic heterocycles. The van der Waals surface area contributed by atoms with Crippen molar-refractivity contribution in [2.24, 2.45) is 17.3 Å². The average Bonchev–Trinajstić information content (AvgIpc) is 2.89. The minimum atomic E-state index is 0.399. The Bertz CT molecular complexity index is 281. The Kier molecular flexibility index (Phi) is 2.99. The van der Waals surface area contributed by atoms with Crippen LogP contribution < -0.4 is 5.32 Å². The molecule has 0 amide bonds. The molecule has 17 heavy (non-hydrogen) atoms. The second-order valence-corrected chi connectivity index (χ2v) is 7.61. The molecular formula is C15H28N2. The zero-order chi connectivity index (χ0) is 12.0. The van der Waals surface area contributed by atoms with Gasteiger partial charge in [-0.3, -0.25) is 4.90 Å². The minimum Gasteiger partial charge on any atom is -0.311 e. The molecule has 3 rings (SSSR count). The number of rotatable bonds is 1. The van der Waals surface area contributed by atoms with Gasteiger partial charge in [-0.1, -0.05) is 27.2 Å². The van der Waals surface area contributed by atoms with Crippen molar-refractivity contribution in [2.45, 2.75) is 58.5 Å². The van der Waals surface area contributed by atoms with Crippen LogP contribution in [-0.4, -0.2) is 36.6 Å². The van der Waals surface area contributed by atoms with E-state index in [9.17, 15) is 0 Å². The molecule has 2 saturated carbocycles. The Morgan fingerprint density at radius 3 is 2.53 bits per heavy atom. The highest BCUT2D eigenvalue weighted by Gasteiger charge is 2.43. The molecule has 1 heterocycles. The summed E-state index contributed by atoms with van der Waals surface area (Å²) in [5.41, 5.74) is 0.399. The predicted molar refractivity (Wildman–Crippen MR) is 72.1 cm³/mol. The summed E-state index contributed by atoms with van der Waals surface area (Å²) in [5, 5.41) is 3.71. The Morgan fingerprint density at radius 1 is 1.12 bits per heavy atom. The summed E-state index contributed by atoms with van der Waals surface area (Å²) in [6, 6.07) is 1.61. The SMILES string of the molecule is CC(C)(C)C1CN(C2CC3CCC2C3)CCN1. The molecule has 2 aliphatic carbocycles. The molecule has 0 spiro atoms. The number of hydrogen-bond acceptors (Lipinski definition) is 2. The van der Waals surface area contributed by atoms with E-state index >= 15 is 0 Å². The second kappa shape index (κ2) is 4.24. The van der Waals surface area contributed by atoms with Gasteiger partial charge in [0.05, 0.1) is 0 Å². The summed E-state index contributed by atoms with van der Waals surface area (Å²) >= 11 is 0. The largest absolute Gasteiger partial charge is 0.311 e. The van der Waals surface area contributed by atoms with Crippen molar-refractivity contribution in [3.05, 3.63) is 0 Å². The predicted octanol–water partition coefficient (Wildman–Crippen LogP) is 2.49. The van der Waals surface area contributed by atoms with Crippen LogP contribution in [0.25, 0.3) is 0 Å². The molecule has 4 unspecified atom stereocenters. The molecule has 3 aliphatic rings. The fourth-order valence-corrected chi connectivity index (χ4v) is 4.31. The summed E-state index contributed by atoms with van der Waals surface area (Å²) in [6.45, 7) is 10.9. The second-order valence-electron chi connectivity index (χ2n) is 7.61. The number of fused-ring (bicyclic) bond motifs is 2. The van der Waals surface area contributed by atoms with Gasteiger partial charge in [0, 0.05) is 31.7 Å². The molecule has 0 aromatic carbocycles. The van der Waals surface area contributed by atoms with E-state index < -0.39 is 0 Å². The van der Waals surface area contributed by atoms with Gasteiger partial charge in [-0.05, 0) is 36.5 Å². The van der Waals surface area contributed by atoms with E-state index in [4.69, 9.17) is 0 Å². The van der Waals surface area contributed by atoms with Gasteiger partial charge >= 0.3 is 0 Å². The molecule has 0 radical (unpaired) electrons. The van der Waals surface area contributed by atoms with Crippen LogP contribution in [0.2, 0.25) is 0 Å². The van der Waals surface area contributed by atoms with Gasteiger partial charge in [0.1, 0.15) is 0 Å². The molecule has 1 saturated heterocycles. The average molecular weight is 236 g/mol. The summed E-state index contributed by atoms with van der Waals surface area (Å²) in [6.07, 6.45) is 6.08. The van der Waals surface area contributed by atoms with E-state index in [1.54, 1.807) is 0 Å². The van der Waals surface area contributed by atoms with Gasteiger partial charge in [-0.2, -0.15) is 0 Å². The van der Waals surface area contributed by atoms with Gasteiger partial charge in [0.2, 0.25) is 0 Å². The van der Waals surface area contributed by atoms with E-state index in [1.807, 2.05) is 0 Å². The summed E-state index contributed by atoms with van der Waals surface area (Å²) in [5.74, 6) is 2.12. The number of nitrogens with zero attached hydrogens (tertiary/aromatic N) is 1. The Morgan fingerprint density at radius 2 is 1.94 bits per heavy atom. The number of hydrogen-bond donors (Lipinski definition) is 1. The maximum absolute atomic E-state index is 3.71. The smallest absolute Gasteiger partial charge is 0.0244 e. The Hall–Kier alpha value is -0.0800. The molecule has 1 aliphatic heterocycles. The zero-order valence-corrected chi connectivity index (χ0v) is 11.7. The van der Waals surface area contributed by atoms with Crippen molar-refractivity contribution in [3.63, 3.8) is 0 Å². The molecule has 3 fully saturated rings. The first-order valence-electron chi connectivity index (χ1n) is 7.51. The van der Waals surface area contributed by atoms with Crippen LogP contribution in [0.4, 0.5) is 0 Å². The van der Waals surface area contributed by atoms with Crippen LogP contribution >= 0.6 is 0 Å². The van der Waals surface area contributed by atoms with E-state index in [-0.39, 0.29) is 0 Å². The third kappa shape index (κ3) is 2.26. The van der Waals surface area contributed by atoms with E-state index in [2.05, 4.69) is 31.0 Å². The Balaban J connectivity index is 1.64. The first-order chi connectivity index (χ1) is 8.04. The van der Waals surface area contributed by atoms with Crippen molar-refractivity contribution in [2.75, 3.05) is 19.6 Å². The summed E-state index contributed by atoms with van der Waals surface area (Å²) in [4.78, 5) is 2.82. The first-order valence-corrected chi connectivity index (χ1v) is 7.51. The maximum atomic E-state index is 3.71. The molecule has 2 nitrogen and oxygen atoms in total. The summed E-state index contributed by atoms with van der Waals surface area (Å²) < 4.78 is 0. The van der Waals surface area contributed by atoms with Crippen molar-refractivity contribution >= 4 is 0 Å². The van der Waals surface area contributed by atoms with Crippen LogP contribution in [0.3, 0.4) is 0 Å². The highest BCUT2D eigenvalue weighted by Crippen LogP contribution is 2.47. The molecular weight excluding hydrogens is 208 g/mol. The molecule has 4 atom stereocenters. The van der Waals surface area contributed by atoms with Gasteiger partial charge < -0.3 is 5.32 Å². The Labute approximate surface area is 106 Å². The number of piperazine rings is 1. The van der Waals surface area contributed by atoms with Crippen molar-refractivity contribution in [3.8, 4) is 0 Å².